The van der Waals surface area contributed by atoms with E-state index in [-0.39, 0.29) is 31.4 Å². The van der Waals surface area contributed by atoms with Gasteiger partial charge in [-0.2, -0.15) is 0 Å². The van der Waals surface area contributed by atoms with Crippen LogP contribution in [0.1, 0.15) is 24.0 Å². The topological polar surface area (TPSA) is 57.6 Å². The molecule has 2 amide bonds. The predicted molar refractivity (Wildman–Crippen MR) is 64.9 cm³/mol. The van der Waals surface area contributed by atoms with Crippen molar-refractivity contribution in [3.05, 3.63) is 35.4 Å². The van der Waals surface area contributed by atoms with E-state index in [2.05, 4.69) is 0 Å². The molecule has 1 heterocycles. The Kier molecular flexibility index (Phi) is 2.48. The molecule has 0 aromatic heterocycles. The molecule has 1 saturated heterocycles. The Bertz CT molecular complexity index is 526. The van der Waals surface area contributed by atoms with Gasteiger partial charge in [-0.15, -0.1) is 0 Å². The Hall–Kier alpha value is -1.68. The van der Waals surface area contributed by atoms with Gasteiger partial charge in [0.05, 0.1) is 18.6 Å². The van der Waals surface area contributed by atoms with Gasteiger partial charge in [0.15, 0.2) is 0 Å². The first-order valence-electron chi connectivity index (χ1n) is 6.23. The van der Waals surface area contributed by atoms with Gasteiger partial charge in [-0.05, 0) is 24.0 Å². The molecule has 1 N–H and O–H groups in total. The van der Waals surface area contributed by atoms with Crippen LogP contribution in [0.15, 0.2) is 24.3 Å². The highest BCUT2D eigenvalue weighted by Gasteiger charge is 2.54. The molecule has 1 spiro atoms. The Balaban J connectivity index is 2.04. The van der Waals surface area contributed by atoms with Crippen molar-refractivity contribution in [1.82, 2.24) is 4.90 Å². The van der Waals surface area contributed by atoms with E-state index in [4.69, 9.17) is 5.11 Å². The highest BCUT2D eigenvalue weighted by Crippen LogP contribution is 2.46. The van der Waals surface area contributed by atoms with Gasteiger partial charge in [0.25, 0.3) is 0 Å². The molecule has 3 rings (SSSR count). The Morgan fingerprint density at radius 1 is 1.28 bits per heavy atom. The van der Waals surface area contributed by atoms with Crippen LogP contribution < -0.4 is 0 Å². The largest absolute Gasteiger partial charge is 0.395 e. The standard InChI is InChI=1S/C14H15NO3/c16-8-7-15-12(17)9-14(13(15)18)6-5-10-3-1-2-4-11(10)14/h1-4,16H,5-9H2. The summed E-state index contributed by atoms with van der Waals surface area (Å²) in [6.07, 6.45) is 1.81. The number of aliphatic hydroxyl groups is 1. The van der Waals surface area contributed by atoms with E-state index in [1.165, 1.54) is 10.5 Å². The average Bonchev–Trinajstić information content (AvgIpc) is 2.86. The number of β-amino-alcohol motifs (C(OH)–C–C–N with tert-alkyl or cyclic N) is 1. The van der Waals surface area contributed by atoms with Gasteiger partial charge in [0.1, 0.15) is 0 Å². The summed E-state index contributed by atoms with van der Waals surface area (Å²) in [5.74, 6) is -0.294. The van der Waals surface area contributed by atoms with E-state index in [9.17, 15) is 9.59 Å². The zero-order valence-electron chi connectivity index (χ0n) is 10.1. The van der Waals surface area contributed by atoms with Crippen molar-refractivity contribution in [1.29, 1.82) is 0 Å². The van der Waals surface area contributed by atoms with Crippen LogP contribution in [0.3, 0.4) is 0 Å². The number of imide groups is 1. The number of hydrogen-bond donors (Lipinski definition) is 1. The first kappa shape index (κ1) is 11.4. The maximum Gasteiger partial charge on any atom is 0.240 e. The highest BCUT2D eigenvalue weighted by atomic mass is 16.3. The SMILES string of the molecule is O=C1CC2(CCc3ccccc32)C(=O)N1CCO. The van der Waals surface area contributed by atoms with Crippen molar-refractivity contribution in [2.75, 3.05) is 13.2 Å². The molecule has 1 aromatic carbocycles. The summed E-state index contributed by atoms with van der Waals surface area (Å²) in [5, 5.41) is 8.94. The molecule has 1 aliphatic heterocycles. The third-order valence-corrected chi connectivity index (χ3v) is 4.09. The maximum atomic E-state index is 12.5. The zero-order chi connectivity index (χ0) is 12.8. The van der Waals surface area contributed by atoms with Gasteiger partial charge in [-0.25, -0.2) is 0 Å². The van der Waals surface area contributed by atoms with Crippen molar-refractivity contribution >= 4 is 11.8 Å². The first-order valence-corrected chi connectivity index (χ1v) is 6.23. The third kappa shape index (κ3) is 1.35. The second-order valence-corrected chi connectivity index (χ2v) is 4.99. The Morgan fingerprint density at radius 3 is 2.83 bits per heavy atom. The second-order valence-electron chi connectivity index (χ2n) is 4.99. The smallest absolute Gasteiger partial charge is 0.240 e. The highest BCUT2D eigenvalue weighted by molar-refractivity contribution is 6.09. The molecule has 1 unspecified atom stereocenters. The second kappa shape index (κ2) is 3.92. The van der Waals surface area contributed by atoms with Gasteiger partial charge >= 0.3 is 0 Å². The molecule has 4 nitrogen and oxygen atoms in total. The fourth-order valence-corrected chi connectivity index (χ4v) is 3.22. The minimum atomic E-state index is -0.650. The summed E-state index contributed by atoms with van der Waals surface area (Å²) in [6, 6.07) is 7.86. The molecule has 2 aliphatic rings. The van der Waals surface area contributed by atoms with E-state index < -0.39 is 5.41 Å². The number of aliphatic hydroxyl groups excluding tert-OH is 1. The molecule has 1 fully saturated rings. The summed E-state index contributed by atoms with van der Waals surface area (Å²) >= 11 is 0. The summed E-state index contributed by atoms with van der Waals surface area (Å²) in [5.41, 5.74) is 1.52. The van der Waals surface area contributed by atoms with Crippen LogP contribution in [-0.4, -0.2) is 35.0 Å². The van der Waals surface area contributed by atoms with E-state index in [0.717, 1.165) is 12.0 Å². The molecular weight excluding hydrogens is 230 g/mol. The van der Waals surface area contributed by atoms with Crippen LogP contribution in [0.4, 0.5) is 0 Å². The number of nitrogens with zero attached hydrogens (tertiary/aromatic N) is 1. The zero-order valence-corrected chi connectivity index (χ0v) is 10.1. The van der Waals surface area contributed by atoms with Crippen LogP contribution in [0.5, 0.6) is 0 Å². The normalized spacial score (nSPS) is 26.2. The lowest BCUT2D eigenvalue weighted by Crippen LogP contribution is -2.38. The number of rotatable bonds is 2. The number of aryl methyl sites for hydroxylation is 1. The van der Waals surface area contributed by atoms with Gasteiger partial charge < -0.3 is 5.11 Å². The number of carbonyl (C=O) groups is 2. The summed E-state index contributed by atoms with van der Waals surface area (Å²) in [4.78, 5) is 25.6. The van der Waals surface area contributed by atoms with Crippen molar-refractivity contribution < 1.29 is 14.7 Å². The van der Waals surface area contributed by atoms with Gasteiger partial charge in [0.2, 0.25) is 11.8 Å². The minimum Gasteiger partial charge on any atom is -0.395 e. The fraction of sp³-hybridized carbons (Fsp3) is 0.429. The number of amides is 2. The van der Waals surface area contributed by atoms with Crippen molar-refractivity contribution in [3.63, 3.8) is 0 Å². The number of carbonyl (C=O) groups excluding carboxylic acids is 2. The molecule has 0 saturated carbocycles. The van der Waals surface area contributed by atoms with Crippen molar-refractivity contribution in [3.8, 4) is 0 Å². The van der Waals surface area contributed by atoms with Crippen LogP contribution in [0.2, 0.25) is 0 Å². The number of likely N-dealkylation sites (tertiary alicyclic amines) is 1. The van der Waals surface area contributed by atoms with Gasteiger partial charge in [-0.3, -0.25) is 14.5 Å². The molecule has 0 radical (unpaired) electrons. The molecule has 4 heteroatoms. The first-order chi connectivity index (χ1) is 8.69. The Labute approximate surface area is 105 Å². The van der Waals surface area contributed by atoms with Gasteiger partial charge in [-0.1, -0.05) is 24.3 Å². The van der Waals surface area contributed by atoms with E-state index in [0.29, 0.717) is 6.42 Å². The molecule has 94 valence electrons. The lowest BCUT2D eigenvalue weighted by Gasteiger charge is -2.22. The van der Waals surface area contributed by atoms with Crippen LogP contribution in [0, 0.1) is 0 Å². The monoisotopic (exact) mass is 245 g/mol. The van der Waals surface area contributed by atoms with Crippen LogP contribution in [-0.2, 0) is 21.4 Å². The van der Waals surface area contributed by atoms with Crippen molar-refractivity contribution in [2.24, 2.45) is 0 Å². The molecule has 1 aromatic rings. The molecular formula is C14H15NO3. The van der Waals surface area contributed by atoms with Crippen LogP contribution >= 0.6 is 0 Å². The average molecular weight is 245 g/mol. The molecule has 0 bridgehead atoms. The summed E-state index contributed by atoms with van der Waals surface area (Å²) in [7, 11) is 0. The van der Waals surface area contributed by atoms with E-state index >= 15 is 0 Å². The summed E-state index contributed by atoms with van der Waals surface area (Å²) in [6.45, 7) is -0.0587. The number of hydrogen-bond acceptors (Lipinski definition) is 3. The summed E-state index contributed by atoms with van der Waals surface area (Å²) < 4.78 is 0. The lowest BCUT2D eigenvalue weighted by atomic mass is 9.80. The van der Waals surface area contributed by atoms with Crippen molar-refractivity contribution in [2.45, 2.75) is 24.7 Å². The van der Waals surface area contributed by atoms with E-state index in [1.807, 2.05) is 24.3 Å². The predicted octanol–water partition coefficient (Wildman–Crippen LogP) is 0.622. The number of benzene rings is 1. The fourth-order valence-electron chi connectivity index (χ4n) is 3.22. The van der Waals surface area contributed by atoms with E-state index in [1.54, 1.807) is 0 Å². The third-order valence-electron chi connectivity index (χ3n) is 4.09. The quantitative estimate of drug-likeness (QED) is 0.777. The molecule has 18 heavy (non-hydrogen) atoms. The van der Waals surface area contributed by atoms with Gasteiger partial charge in [0, 0.05) is 6.42 Å². The van der Waals surface area contributed by atoms with Crippen LogP contribution in [0.25, 0.3) is 0 Å². The number of fused-ring (bicyclic) bond motifs is 2. The molecule has 1 atom stereocenters. The molecule has 1 aliphatic carbocycles. The lowest BCUT2D eigenvalue weighted by molar-refractivity contribution is -0.140. The maximum absolute atomic E-state index is 12.5. The Morgan fingerprint density at radius 2 is 2.06 bits per heavy atom. The minimum absolute atomic E-state index is 0.113.